The quantitative estimate of drug-likeness (QED) is 0.588. The van der Waals surface area contributed by atoms with E-state index in [4.69, 9.17) is 9.47 Å². The van der Waals surface area contributed by atoms with Crippen LogP contribution in [-0.2, 0) is 19.1 Å². The van der Waals surface area contributed by atoms with Crippen LogP contribution in [0.5, 0.6) is 0 Å². The number of fused-ring (bicyclic) bond motifs is 1. The molecule has 0 radical (unpaired) electrons. The molecular weight excluding hydrogens is 408 g/mol. The van der Waals surface area contributed by atoms with Gasteiger partial charge in [-0.2, -0.15) is 5.10 Å². The lowest BCUT2D eigenvalue weighted by Gasteiger charge is -2.47. The number of aliphatic hydroxyl groups excluding tert-OH is 1. The van der Waals surface area contributed by atoms with Crippen LogP contribution >= 0.6 is 0 Å². The third-order valence-electron chi connectivity index (χ3n) is 6.26. The average molecular weight is 434 g/mol. The van der Waals surface area contributed by atoms with Crippen molar-refractivity contribution in [3.63, 3.8) is 0 Å². The first-order chi connectivity index (χ1) is 15.3. The lowest BCUT2D eigenvalue weighted by Crippen LogP contribution is -2.64. The lowest BCUT2D eigenvalue weighted by molar-refractivity contribution is -0.163. The molecule has 0 saturated carbocycles. The summed E-state index contributed by atoms with van der Waals surface area (Å²) in [5.74, 6) is -2.08. The zero-order valence-corrected chi connectivity index (χ0v) is 18.5. The van der Waals surface area contributed by atoms with Crippen LogP contribution in [0.15, 0.2) is 65.8 Å². The molecule has 2 aromatic rings. The number of hydrazone groups is 1. The summed E-state index contributed by atoms with van der Waals surface area (Å²) in [6, 6.07) is 15.0. The van der Waals surface area contributed by atoms with Gasteiger partial charge in [-0.3, -0.25) is 5.01 Å². The van der Waals surface area contributed by atoms with Gasteiger partial charge in [-0.25, -0.2) is 9.59 Å². The standard InChI is InChI=1S/C25H26N2O5/c1-15-5-9-17(10-6-15)19-13-14-20(18-11-7-16(2)8-12-18)27-25(19,24(30)32-4)22(28)21(26-27)23(29)31-3/h5-14,19-20,22,28H,1-4H3. The van der Waals surface area contributed by atoms with Gasteiger partial charge < -0.3 is 14.6 Å². The predicted molar refractivity (Wildman–Crippen MR) is 119 cm³/mol. The number of rotatable bonds is 4. The van der Waals surface area contributed by atoms with E-state index in [1.165, 1.54) is 19.2 Å². The van der Waals surface area contributed by atoms with Crippen LogP contribution in [0.4, 0.5) is 0 Å². The third kappa shape index (κ3) is 3.20. The zero-order valence-electron chi connectivity index (χ0n) is 18.5. The lowest BCUT2D eigenvalue weighted by atomic mass is 9.71. The SMILES string of the molecule is COC(=O)C1=NN2C(c3ccc(C)cc3)C=CC(c3ccc(C)cc3)C2(C(=O)OC)C1O. The summed E-state index contributed by atoms with van der Waals surface area (Å²) < 4.78 is 10.1. The second-order valence-corrected chi connectivity index (χ2v) is 8.17. The van der Waals surface area contributed by atoms with Gasteiger partial charge >= 0.3 is 11.9 Å². The minimum atomic E-state index is -1.67. The summed E-state index contributed by atoms with van der Waals surface area (Å²) in [5.41, 5.74) is 1.92. The van der Waals surface area contributed by atoms with Crippen LogP contribution in [0, 0.1) is 13.8 Å². The van der Waals surface area contributed by atoms with Crippen molar-refractivity contribution in [3.8, 4) is 0 Å². The van der Waals surface area contributed by atoms with Gasteiger partial charge in [0.2, 0.25) is 0 Å². The number of aliphatic hydroxyl groups is 1. The van der Waals surface area contributed by atoms with Crippen LogP contribution in [0.3, 0.4) is 0 Å². The Morgan fingerprint density at radius 3 is 2.00 bits per heavy atom. The number of nitrogens with zero attached hydrogens (tertiary/aromatic N) is 2. The van der Waals surface area contributed by atoms with Gasteiger partial charge in [-0.05, 0) is 25.0 Å². The molecule has 1 N–H and O–H groups in total. The highest BCUT2D eigenvalue weighted by molar-refractivity contribution is 6.39. The molecule has 0 aromatic heterocycles. The number of methoxy groups -OCH3 is 2. The van der Waals surface area contributed by atoms with Crippen molar-refractivity contribution in [3.05, 3.63) is 82.9 Å². The maximum Gasteiger partial charge on any atom is 0.357 e. The van der Waals surface area contributed by atoms with Crippen molar-refractivity contribution in [2.45, 2.75) is 37.5 Å². The summed E-state index contributed by atoms with van der Waals surface area (Å²) in [6.07, 6.45) is 2.28. The van der Waals surface area contributed by atoms with Crippen LogP contribution in [0.1, 0.15) is 34.2 Å². The van der Waals surface area contributed by atoms with Gasteiger partial charge in [0.15, 0.2) is 11.3 Å². The van der Waals surface area contributed by atoms with Gasteiger partial charge in [0.05, 0.1) is 20.3 Å². The van der Waals surface area contributed by atoms with Gasteiger partial charge in [-0.15, -0.1) is 0 Å². The Kier molecular flexibility index (Phi) is 5.60. The molecule has 2 heterocycles. The number of esters is 2. The number of hydrogen-bond donors (Lipinski definition) is 1. The largest absolute Gasteiger partial charge is 0.467 e. The van der Waals surface area contributed by atoms with Gasteiger partial charge in [0, 0.05) is 5.92 Å². The summed E-state index contributed by atoms with van der Waals surface area (Å²) in [6.45, 7) is 3.96. The van der Waals surface area contributed by atoms with E-state index < -0.39 is 35.5 Å². The van der Waals surface area contributed by atoms with E-state index in [2.05, 4.69) is 5.10 Å². The minimum Gasteiger partial charge on any atom is -0.467 e. The number of carbonyl (C=O) groups is 2. The van der Waals surface area contributed by atoms with E-state index in [1.807, 2.05) is 74.5 Å². The summed E-state index contributed by atoms with van der Waals surface area (Å²) in [4.78, 5) is 25.9. The molecule has 0 bridgehead atoms. The summed E-state index contributed by atoms with van der Waals surface area (Å²) in [5, 5.41) is 17.4. The number of carbonyl (C=O) groups excluding carboxylic acids is 2. The molecule has 7 heteroatoms. The maximum absolute atomic E-state index is 13.4. The molecule has 0 spiro atoms. The molecule has 32 heavy (non-hydrogen) atoms. The molecule has 2 aliphatic heterocycles. The Labute approximate surface area is 187 Å². The topological polar surface area (TPSA) is 88.4 Å². The number of hydrogen-bond acceptors (Lipinski definition) is 7. The van der Waals surface area contributed by atoms with E-state index in [9.17, 15) is 14.7 Å². The Bertz CT molecular complexity index is 1090. The number of aryl methyl sites for hydroxylation is 2. The predicted octanol–water partition coefficient (Wildman–Crippen LogP) is 2.82. The van der Waals surface area contributed by atoms with Crippen molar-refractivity contribution in [1.29, 1.82) is 0 Å². The fraction of sp³-hybridized carbons (Fsp3) is 0.320. The van der Waals surface area contributed by atoms with Gasteiger partial charge in [-0.1, -0.05) is 71.8 Å². The summed E-state index contributed by atoms with van der Waals surface area (Å²) in [7, 11) is 2.48. The molecule has 0 aliphatic carbocycles. The van der Waals surface area contributed by atoms with Crippen LogP contribution in [0.2, 0.25) is 0 Å². The van der Waals surface area contributed by atoms with E-state index in [1.54, 1.807) is 0 Å². The van der Waals surface area contributed by atoms with Gasteiger partial charge in [0.1, 0.15) is 6.10 Å². The maximum atomic E-state index is 13.4. The second kappa shape index (κ2) is 8.24. The van der Waals surface area contributed by atoms with E-state index in [-0.39, 0.29) is 5.71 Å². The van der Waals surface area contributed by atoms with Crippen LogP contribution in [0.25, 0.3) is 0 Å². The molecule has 0 saturated heterocycles. The highest BCUT2D eigenvalue weighted by Gasteiger charge is 2.65. The van der Waals surface area contributed by atoms with E-state index >= 15 is 0 Å². The Morgan fingerprint density at radius 1 is 0.906 bits per heavy atom. The summed E-state index contributed by atoms with van der Waals surface area (Å²) >= 11 is 0. The molecule has 7 nitrogen and oxygen atoms in total. The van der Waals surface area contributed by atoms with Crippen molar-refractivity contribution in [2.24, 2.45) is 5.10 Å². The van der Waals surface area contributed by atoms with Gasteiger partial charge in [0.25, 0.3) is 0 Å². The Hall–Kier alpha value is -3.45. The van der Waals surface area contributed by atoms with Crippen LogP contribution < -0.4 is 0 Å². The first kappa shape index (κ1) is 21.8. The fourth-order valence-corrected chi connectivity index (χ4v) is 4.54. The Morgan fingerprint density at radius 2 is 1.47 bits per heavy atom. The minimum absolute atomic E-state index is 0.226. The average Bonchev–Trinajstić information content (AvgIpc) is 3.13. The highest BCUT2D eigenvalue weighted by atomic mass is 16.5. The molecule has 4 unspecified atom stereocenters. The molecule has 4 rings (SSSR count). The third-order valence-corrected chi connectivity index (χ3v) is 6.26. The normalized spacial score (nSPS) is 26.3. The highest BCUT2D eigenvalue weighted by Crippen LogP contribution is 2.50. The van der Waals surface area contributed by atoms with Crippen molar-refractivity contribution < 1.29 is 24.2 Å². The fourth-order valence-electron chi connectivity index (χ4n) is 4.54. The zero-order chi connectivity index (χ0) is 23.0. The van der Waals surface area contributed by atoms with E-state index in [0.717, 1.165) is 22.3 Å². The molecule has 0 amide bonds. The van der Waals surface area contributed by atoms with Crippen molar-refractivity contribution in [1.82, 2.24) is 5.01 Å². The Balaban J connectivity index is 1.95. The molecule has 4 atom stereocenters. The van der Waals surface area contributed by atoms with Crippen LogP contribution in [-0.4, -0.2) is 53.6 Å². The smallest absolute Gasteiger partial charge is 0.357 e. The van der Waals surface area contributed by atoms with Crippen molar-refractivity contribution in [2.75, 3.05) is 14.2 Å². The number of ether oxygens (including phenoxy) is 2. The second-order valence-electron chi connectivity index (χ2n) is 8.17. The van der Waals surface area contributed by atoms with Crippen molar-refractivity contribution >= 4 is 17.7 Å². The molecular formula is C25H26N2O5. The molecule has 2 aliphatic rings. The number of benzene rings is 2. The molecule has 2 aromatic carbocycles. The van der Waals surface area contributed by atoms with E-state index in [0.29, 0.717) is 0 Å². The first-order valence-corrected chi connectivity index (χ1v) is 10.4. The first-order valence-electron chi connectivity index (χ1n) is 10.4. The molecule has 166 valence electrons. The monoisotopic (exact) mass is 434 g/mol. The molecule has 0 fully saturated rings.